The van der Waals surface area contributed by atoms with Gasteiger partial charge in [0.2, 0.25) is 0 Å². The van der Waals surface area contributed by atoms with Crippen LogP contribution in [0.4, 0.5) is 0 Å². The van der Waals surface area contributed by atoms with Crippen LogP contribution in [-0.4, -0.2) is 11.0 Å². The zero-order valence-electron chi connectivity index (χ0n) is 2.96. The molecule has 0 aromatic heterocycles. The Labute approximate surface area is 71.6 Å². The molecule has 0 unspecified atom stereocenters. The summed E-state index contributed by atoms with van der Waals surface area (Å²) >= 11 is 13.2. The SMILES string of the molecule is O.O.[Br][V]([Br])([Br])[Br]. The molecule has 0 heterocycles. The van der Waals surface area contributed by atoms with Crippen LogP contribution >= 0.6 is 55.2 Å². The average Bonchev–Trinajstić information content (AvgIpc) is 0.722. The van der Waals surface area contributed by atoms with E-state index in [-0.39, 0.29) is 11.0 Å². The summed E-state index contributed by atoms with van der Waals surface area (Å²) in [4.78, 5) is 0. The molecule has 0 aromatic carbocycles. The molecule has 0 saturated heterocycles. The zero-order chi connectivity index (χ0) is 4.50. The monoisotopic (exact) mass is 403 g/mol. The zero-order valence-corrected chi connectivity index (χ0v) is 10.7. The summed E-state index contributed by atoms with van der Waals surface area (Å²) in [5.41, 5.74) is 0. The summed E-state index contributed by atoms with van der Waals surface area (Å²) in [5.74, 6) is 0. The molecule has 0 fully saturated rings. The van der Waals surface area contributed by atoms with Crippen molar-refractivity contribution in [2.24, 2.45) is 0 Å². The van der Waals surface area contributed by atoms with Gasteiger partial charge < -0.3 is 11.0 Å². The molecule has 0 bridgehead atoms. The van der Waals surface area contributed by atoms with Crippen LogP contribution in [-0.2, 0) is 6.42 Å². The Morgan fingerprint density at radius 2 is 0.714 bits per heavy atom. The van der Waals surface area contributed by atoms with Gasteiger partial charge in [-0.2, -0.15) is 0 Å². The summed E-state index contributed by atoms with van der Waals surface area (Å²) in [7, 11) is 0. The molecule has 0 radical (unpaired) electrons. The van der Waals surface area contributed by atoms with Crippen molar-refractivity contribution in [2.45, 2.75) is 0 Å². The molecule has 0 aromatic rings. The van der Waals surface area contributed by atoms with E-state index < -0.39 is 6.42 Å². The van der Waals surface area contributed by atoms with Crippen molar-refractivity contribution in [1.82, 2.24) is 0 Å². The van der Waals surface area contributed by atoms with Gasteiger partial charge in [-0.05, 0) is 0 Å². The fraction of sp³-hybridized carbons (Fsp3) is 0. The Morgan fingerprint density at radius 3 is 0.714 bits per heavy atom. The summed E-state index contributed by atoms with van der Waals surface area (Å²) in [6.07, 6.45) is -1.62. The van der Waals surface area contributed by atoms with Crippen LogP contribution in [0.5, 0.6) is 0 Å². The van der Waals surface area contributed by atoms with Gasteiger partial charge >= 0.3 is 61.7 Å². The third kappa shape index (κ3) is 59.2. The van der Waals surface area contributed by atoms with Crippen LogP contribution in [0, 0.1) is 0 Å². The molecule has 2 nitrogen and oxygen atoms in total. The van der Waals surface area contributed by atoms with Gasteiger partial charge in [-0.1, -0.05) is 0 Å². The molecule has 0 rings (SSSR count). The molecule has 0 aliphatic rings. The maximum atomic E-state index is 3.30. The van der Waals surface area contributed by atoms with Crippen LogP contribution in [0.15, 0.2) is 0 Å². The molecule has 0 spiro atoms. The first-order valence-corrected chi connectivity index (χ1v) is 14.5. The van der Waals surface area contributed by atoms with Crippen LogP contribution in [0.2, 0.25) is 0 Å². The van der Waals surface area contributed by atoms with Gasteiger partial charge in [0.25, 0.3) is 0 Å². The van der Waals surface area contributed by atoms with E-state index in [1.165, 1.54) is 0 Å². The normalized spacial score (nSPS) is 8.57. The Kier molecular flexibility index (Phi) is 15.1. The fourth-order valence-corrected chi connectivity index (χ4v) is 0. The summed E-state index contributed by atoms with van der Waals surface area (Å²) in [5, 5.41) is 0. The quantitative estimate of drug-likeness (QED) is 0.588. The number of rotatable bonds is 0. The van der Waals surface area contributed by atoms with Crippen LogP contribution < -0.4 is 0 Å². The standard InChI is InChI=1S/4BrH.2H2O.V/h4*1H;2*1H2;/q;;;;;;+4/p-4. The Hall–Kier alpha value is 2.42. The van der Waals surface area contributed by atoms with Gasteiger partial charge in [-0.15, -0.1) is 0 Å². The van der Waals surface area contributed by atoms with Gasteiger partial charge in [0.1, 0.15) is 0 Å². The molecule has 0 aliphatic carbocycles. The van der Waals surface area contributed by atoms with E-state index in [4.69, 9.17) is 0 Å². The van der Waals surface area contributed by atoms with Crippen molar-refractivity contribution in [1.29, 1.82) is 0 Å². The second-order valence-corrected chi connectivity index (χ2v) is 42.7. The van der Waals surface area contributed by atoms with Gasteiger partial charge in [-0.3, -0.25) is 0 Å². The van der Waals surface area contributed by atoms with E-state index in [2.05, 4.69) is 55.2 Å². The van der Waals surface area contributed by atoms with E-state index >= 15 is 0 Å². The first kappa shape index (κ1) is 16.2. The van der Waals surface area contributed by atoms with Gasteiger partial charge in [0, 0.05) is 0 Å². The molecule has 0 atom stereocenters. The molecular formula is H4Br4O2V. The minimum absolute atomic E-state index is 0. The van der Waals surface area contributed by atoms with E-state index in [9.17, 15) is 0 Å². The van der Waals surface area contributed by atoms with E-state index in [0.29, 0.717) is 0 Å². The van der Waals surface area contributed by atoms with Crippen molar-refractivity contribution in [2.75, 3.05) is 0 Å². The van der Waals surface area contributed by atoms with E-state index in [1.54, 1.807) is 0 Å². The van der Waals surface area contributed by atoms with Crippen LogP contribution in [0.1, 0.15) is 0 Å². The number of hydrogen-bond acceptors (Lipinski definition) is 0. The van der Waals surface area contributed by atoms with Crippen molar-refractivity contribution >= 4 is 55.2 Å². The number of hydrogen-bond donors (Lipinski definition) is 0. The first-order chi connectivity index (χ1) is 2.00. The summed E-state index contributed by atoms with van der Waals surface area (Å²) in [6.45, 7) is 0. The average molecular weight is 407 g/mol. The van der Waals surface area contributed by atoms with Crippen LogP contribution in [0.3, 0.4) is 0 Å². The molecule has 4 N–H and O–H groups in total. The van der Waals surface area contributed by atoms with Crippen molar-refractivity contribution < 1.29 is 17.4 Å². The van der Waals surface area contributed by atoms with Gasteiger partial charge in [0.05, 0.1) is 0 Å². The Morgan fingerprint density at radius 1 is 0.714 bits per heavy atom. The minimum atomic E-state index is -1.62. The molecule has 49 valence electrons. The molecule has 0 saturated carbocycles. The molecule has 7 heavy (non-hydrogen) atoms. The Bertz CT molecular complexity index is 25.2. The predicted molar refractivity (Wildman–Crippen MR) is 42.9 cm³/mol. The van der Waals surface area contributed by atoms with Crippen molar-refractivity contribution in [3.63, 3.8) is 0 Å². The van der Waals surface area contributed by atoms with E-state index in [1.807, 2.05) is 0 Å². The van der Waals surface area contributed by atoms with Crippen molar-refractivity contribution in [3.8, 4) is 0 Å². The summed E-state index contributed by atoms with van der Waals surface area (Å²) in [6, 6.07) is 0. The van der Waals surface area contributed by atoms with Crippen molar-refractivity contribution in [3.05, 3.63) is 0 Å². The number of halogens is 4. The molecular weight excluding hydrogens is 403 g/mol. The third-order valence-corrected chi connectivity index (χ3v) is 0. The van der Waals surface area contributed by atoms with Gasteiger partial charge in [-0.25, -0.2) is 0 Å². The second-order valence-electron chi connectivity index (χ2n) is 0.383. The molecule has 0 amide bonds. The molecule has 7 heteroatoms. The Balaban J connectivity index is -0.0000000800. The molecule has 0 aliphatic heterocycles. The fourth-order valence-electron chi connectivity index (χ4n) is 0. The predicted octanol–water partition coefficient (Wildman–Crippen LogP) is 1.73. The summed E-state index contributed by atoms with van der Waals surface area (Å²) < 4.78 is 0. The van der Waals surface area contributed by atoms with Crippen LogP contribution in [0.25, 0.3) is 0 Å². The third-order valence-electron chi connectivity index (χ3n) is 0. The topological polar surface area (TPSA) is 63.0 Å². The van der Waals surface area contributed by atoms with E-state index in [0.717, 1.165) is 0 Å². The second kappa shape index (κ2) is 6.54. The first-order valence-electron chi connectivity index (χ1n) is 0.676. The maximum absolute atomic E-state index is 3.30. The van der Waals surface area contributed by atoms with Gasteiger partial charge in [0.15, 0.2) is 0 Å².